The van der Waals surface area contributed by atoms with E-state index in [0.29, 0.717) is 0 Å². The van der Waals surface area contributed by atoms with Gasteiger partial charge in [-0.3, -0.25) is 0 Å². The van der Waals surface area contributed by atoms with Gasteiger partial charge in [-0.25, -0.2) is 0 Å². The zero-order valence-electron chi connectivity index (χ0n) is 4.89. The highest BCUT2D eigenvalue weighted by molar-refractivity contribution is 7.80. The van der Waals surface area contributed by atoms with Gasteiger partial charge in [0.25, 0.3) is 0 Å². The van der Waals surface area contributed by atoms with E-state index in [2.05, 4.69) is 13.2 Å². The molecule has 0 saturated carbocycles. The average Bonchev–Trinajstić information content (AvgIpc) is 1.68. The fourth-order valence-electron chi connectivity index (χ4n) is 0.405. The summed E-state index contributed by atoms with van der Waals surface area (Å²) in [5.74, 6) is 0. The van der Waals surface area contributed by atoms with Crippen LogP contribution in [0, 0.1) is 0 Å². The highest BCUT2D eigenvalue weighted by Crippen LogP contribution is 1.93. The SMILES string of the molecule is C=CCC(=S)CC=C. The third-order valence-corrected chi connectivity index (χ3v) is 1.08. The van der Waals surface area contributed by atoms with Crippen LogP contribution in [0.1, 0.15) is 12.8 Å². The Morgan fingerprint density at radius 3 is 1.88 bits per heavy atom. The molecule has 0 saturated heterocycles. The van der Waals surface area contributed by atoms with E-state index in [1.165, 1.54) is 0 Å². The largest absolute Gasteiger partial charge is 0.103 e. The lowest BCUT2D eigenvalue weighted by Gasteiger charge is -1.89. The molecule has 0 aliphatic heterocycles. The Balaban J connectivity index is 3.32. The summed E-state index contributed by atoms with van der Waals surface area (Å²) in [6, 6.07) is 0. The molecule has 0 aromatic rings. The predicted octanol–water partition coefficient (Wildman–Crippen LogP) is 2.51. The minimum atomic E-state index is 0.835. The Morgan fingerprint density at radius 2 is 1.62 bits per heavy atom. The first-order chi connectivity index (χ1) is 3.81. The van der Waals surface area contributed by atoms with Gasteiger partial charge in [-0.2, -0.15) is 0 Å². The van der Waals surface area contributed by atoms with Crippen LogP contribution in [0.5, 0.6) is 0 Å². The van der Waals surface area contributed by atoms with Gasteiger partial charge in [-0.05, 0) is 12.8 Å². The lowest BCUT2D eigenvalue weighted by atomic mass is 10.2. The summed E-state index contributed by atoms with van der Waals surface area (Å²) in [5.41, 5.74) is 0. The van der Waals surface area contributed by atoms with E-state index < -0.39 is 0 Å². The molecule has 44 valence electrons. The van der Waals surface area contributed by atoms with Crippen molar-refractivity contribution in [1.29, 1.82) is 0 Å². The molecular formula is C7H10S. The minimum Gasteiger partial charge on any atom is -0.103 e. The highest BCUT2D eigenvalue weighted by atomic mass is 32.1. The standard InChI is InChI=1S/C7H10S/c1-3-5-7(8)6-4-2/h3-4H,1-2,5-6H2. The van der Waals surface area contributed by atoms with Gasteiger partial charge < -0.3 is 0 Å². The molecule has 0 unspecified atom stereocenters. The van der Waals surface area contributed by atoms with Crippen LogP contribution in [0.4, 0.5) is 0 Å². The number of rotatable bonds is 4. The smallest absolute Gasteiger partial charge is 0.000347 e. The zero-order valence-corrected chi connectivity index (χ0v) is 5.71. The van der Waals surface area contributed by atoms with Gasteiger partial charge in [0.2, 0.25) is 0 Å². The topological polar surface area (TPSA) is 0 Å². The van der Waals surface area contributed by atoms with Crippen molar-refractivity contribution < 1.29 is 0 Å². The first kappa shape index (κ1) is 7.57. The first-order valence-electron chi connectivity index (χ1n) is 2.54. The summed E-state index contributed by atoms with van der Waals surface area (Å²) in [4.78, 5) is 1.01. The second kappa shape index (κ2) is 4.72. The lowest BCUT2D eigenvalue weighted by Crippen LogP contribution is -1.86. The molecule has 8 heavy (non-hydrogen) atoms. The first-order valence-corrected chi connectivity index (χ1v) is 2.95. The number of hydrogen-bond donors (Lipinski definition) is 0. The van der Waals surface area contributed by atoms with Crippen LogP contribution in [0.25, 0.3) is 0 Å². The fourth-order valence-corrected chi connectivity index (χ4v) is 0.641. The predicted molar refractivity (Wildman–Crippen MR) is 42.2 cm³/mol. The normalized spacial score (nSPS) is 8.00. The summed E-state index contributed by atoms with van der Waals surface area (Å²) in [6.07, 6.45) is 5.29. The van der Waals surface area contributed by atoms with E-state index in [0.717, 1.165) is 17.7 Å². The molecule has 0 N–H and O–H groups in total. The Hall–Kier alpha value is -0.430. The van der Waals surface area contributed by atoms with E-state index in [-0.39, 0.29) is 0 Å². The van der Waals surface area contributed by atoms with Crippen LogP contribution < -0.4 is 0 Å². The monoisotopic (exact) mass is 126 g/mol. The van der Waals surface area contributed by atoms with Gasteiger partial charge in [0.1, 0.15) is 0 Å². The van der Waals surface area contributed by atoms with Crippen LogP contribution in [0.2, 0.25) is 0 Å². The minimum absolute atomic E-state index is 0.835. The molecule has 0 nitrogen and oxygen atoms in total. The molecule has 0 aliphatic carbocycles. The van der Waals surface area contributed by atoms with Crippen LogP contribution in [0.3, 0.4) is 0 Å². The molecule has 0 rings (SSSR count). The molecule has 1 heteroatoms. The average molecular weight is 126 g/mol. The van der Waals surface area contributed by atoms with Gasteiger partial charge in [-0.15, -0.1) is 13.2 Å². The molecule has 0 radical (unpaired) electrons. The van der Waals surface area contributed by atoms with Crippen molar-refractivity contribution in [2.75, 3.05) is 0 Å². The number of hydrogen-bond acceptors (Lipinski definition) is 1. The van der Waals surface area contributed by atoms with Crippen LogP contribution >= 0.6 is 12.2 Å². The van der Waals surface area contributed by atoms with E-state index in [1.54, 1.807) is 0 Å². The number of allylic oxidation sites excluding steroid dienone is 2. The molecule has 0 fully saturated rings. The molecule has 0 atom stereocenters. The second-order valence-corrected chi connectivity index (χ2v) is 2.10. The third kappa shape index (κ3) is 3.75. The molecule has 0 aliphatic rings. The molecular weight excluding hydrogens is 116 g/mol. The van der Waals surface area contributed by atoms with Gasteiger partial charge in [-0.1, -0.05) is 24.4 Å². The van der Waals surface area contributed by atoms with E-state index in [1.807, 2.05) is 12.2 Å². The maximum absolute atomic E-state index is 4.91. The van der Waals surface area contributed by atoms with Gasteiger partial charge in [0, 0.05) is 4.86 Å². The lowest BCUT2D eigenvalue weighted by molar-refractivity contribution is 1.40. The van der Waals surface area contributed by atoms with Crippen molar-refractivity contribution in [3.05, 3.63) is 25.3 Å². The quantitative estimate of drug-likeness (QED) is 0.412. The molecule has 0 heterocycles. The van der Waals surface area contributed by atoms with Gasteiger partial charge >= 0.3 is 0 Å². The summed E-state index contributed by atoms with van der Waals surface area (Å²) in [7, 11) is 0. The highest BCUT2D eigenvalue weighted by Gasteiger charge is 1.85. The van der Waals surface area contributed by atoms with Crippen molar-refractivity contribution >= 4 is 17.1 Å². The zero-order chi connectivity index (χ0) is 6.41. The van der Waals surface area contributed by atoms with Gasteiger partial charge in [0.15, 0.2) is 0 Å². The van der Waals surface area contributed by atoms with Crippen molar-refractivity contribution in [3.8, 4) is 0 Å². The Morgan fingerprint density at radius 1 is 1.25 bits per heavy atom. The van der Waals surface area contributed by atoms with Crippen LogP contribution in [-0.2, 0) is 0 Å². The molecule has 0 spiro atoms. The maximum Gasteiger partial charge on any atom is 0.000347 e. The van der Waals surface area contributed by atoms with Crippen LogP contribution in [-0.4, -0.2) is 4.86 Å². The number of thiocarbonyl (C=S) groups is 1. The van der Waals surface area contributed by atoms with Crippen molar-refractivity contribution in [2.24, 2.45) is 0 Å². The molecule has 0 aromatic heterocycles. The van der Waals surface area contributed by atoms with Crippen molar-refractivity contribution in [1.82, 2.24) is 0 Å². The van der Waals surface area contributed by atoms with Gasteiger partial charge in [0.05, 0.1) is 0 Å². The molecule has 0 aromatic carbocycles. The van der Waals surface area contributed by atoms with Crippen molar-refractivity contribution in [2.45, 2.75) is 12.8 Å². The summed E-state index contributed by atoms with van der Waals surface area (Å²) in [5, 5.41) is 0. The van der Waals surface area contributed by atoms with Crippen molar-refractivity contribution in [3.63, 3.8) is 0 Å². The summed E-state index contributed by atoms with van der Waals surface area (Å²) >= 11 is 4.91. The van der Waals surface area contributed by atoms with E-state index >= 15 is 0 Å². The summed E-state index contributed by atoms with van der Waals surface area (Å²) < 4.78 is 0. The second-order valence-electron chi connectivity index (χ2n) is 1.52. The van der Waals surface area contributed by atoms with E-state index in [9.17, 15) is 0 Å². The van der Waals surface area contributed by atoms with E-state index in [4.69, 9.17) is 12.2 Å². The summed E-state index contributed by atoms with van der Waals surface area (Å²) in [6.45, 7) is 7.12. The Labute approximate surface area is 55.9 Å². The fraction of sp³-hybridized carbons (Fsp3) is 0.286. The Bertz CT molecular complexity index is 91.0. The third-order valence-electron chi connectivity index (χ3n) is 0.744. The Kier molecular flexibility index (Phi) is 4.47. The molecule has 0 amide bonds. The van der Waals surface area contributed by atoms with Crippen LogP contribution in [0.15, 0.2) is 25.3 Å². The molecule has 0 bridgehead atoms. The maximum atomic E-state index is 4.91.